The number of hydrogen-bond acceptors (Lipinski definition) is 3. The van der Waals surface area contributed by atoms with Gasteiger partial charge in [-0.2, -0.15) is 0 Å². The van der Waals surface area contributed by atoms with Crippen LogP contribution >= 0.6 is 0 Å². The van der Waals surface area contributed by atoms with Gasteiger partial charge in [0.15, 0.2) is 0 Å². The highest BCUT2D eigenvalue weighted by atomic mass is 16.2. The average Bonchev–Trinajstić information content (AvgIpc) is 2.52. The lowest BCUT2D eigenvalue weighted by Crippen LogP contribution is -2.16. The molecule has 0 fully saturated rings. The van der Waals surface area contributed by atoms with E-state index in [2.05, 4.69) is 16.0 Å². The molecule has 5 nitrogen and oxygen atoms in total. The first kappa shape index (κ1) is 17.5. The number of amides is 2. The van der Waals surface area contributed by atoms with Crippen molar-refractivity contribution in [3.05, 3.63) is 53.6 Å². The van der Waals surface area contributed by atoms with Crippen LogP contribution in [0.2, 0.25) is 0 Å². The zero-order valence-electron chi connectivity index (χ0n) is 14.3. The Labute approximate surface area is 142 Å². The molecule has 0 heterocycles. The predicted molar refractivity (Wildman–Crippen MR) is 98.4 cm³/mol. The maximum atomic E-state index is 12.0. The number of hydrogen-bond donors (Lipinski definition) is 3. The number of rotatable bonds is 6. The lowest BCUT2D eigenvalue weighted by molar-refractivity contribution is -0.116. The van der Waals surface area contributed by atoms with Crippen LogP contribution in [0.3, 0.4) is 0 Å². The molecule has 3 N–H and O–H groups in total. The predicted octanol–water partition coefficient (Wildman–Crippen LogP) is 3.70. The van der Waals surface area contributed by atoms with Gasteiger partial charge < -0.3 is 16.0 Å². The van der Waals surface area contributed by atoms with Gasteiger partial charge in [-0.05, 0) is 61.4 Å². The molecule has 0 spiro atoms. The van der Waals surface area contributed by atoms with Gasteiger partial charge in [-0.1, -0.05) is 6.07 Å². The molecular weight excluding hydrogens is 302 g/mol. The van der Waals surface area contributed by atoms with Crippen LogP contribution < -0.4 is 16.0 Å². The number of anilines is 3. The summed E-state index contributed by atoms with van der Waals surface area (Å²) in [6.45, 7) is 6.08. The molecule has 0 aliphatic carbocycles. The van der Waals surface area contributed by atoms with Gasteiger partial charge in [-0.3, -0.25) is 9.59 Å². The molecule has 0 atom stereocenters. The number of aryl methyl sites for hydroxylation is 2. The molecule has 0 unspecified atom stereocenters. The third-order valence-corrected chi connectivity index (χ3v) is 3.68. The van der Waals surface area contributed by atoms with E-state index in [4.69, 9.17) is 0 Å². The monoisotopic (exact) mass is 325 g/mol. The van der Waals surface area contributed by atoms with Crippen molar-refractivity contribution in [2.75, 3.05) is 22.5 Å². The Balaban J connectivity index is 1.77. The molecule has 2 amide bonds. The summed E-state index contributed by atoms with van der Waals surface area (Å²) in [6.07, 6.45) is 0.375. The Kier molecular flexibility index (Phi) is 5.95. The van der Waals surface area contributed by atoms with Crippen molar-refractivity contribution in [3.8, 4) is 0 Å². The topological polar surface area (TPSA) is 70.2 Å². The maximum absolute atomic E-state index is 12.0. The summed E-state index contributed by atoms with van der Waals surface area (Å²) >= 11 is 0. The zero-order chi connectivity index (χ0) is 17.5. The molecule has 2 aromatic carbocycles. The van der Waals surface area contributed by atoms with E-state index >= 15 is 0 Å². The molecule has 2 rings (SSSR count). The first-order chi connectivity index (χ1) is 11.4. The van der Waals surface area contributed by atoms with E-state index in [0.717, 1.165) is 22.6 Å². The second-order valence-electron chi connectivity index (χ2n) is 5.78. The van der Waals surface area contributed by atoms with Gasteiger partial charge in [0.2, 0.25) is 11.8 Å². The molecule has 0 saturated carbocycles. The van der Waals surface area contributed by atoms with E-state index in [1.54, 1.807) is 0 Å². The van der Waals surface area contributed by atoms with Gasteiger partial charge in [0, 0.05) is 37.0 Å². The van der Waals surface area contributed by atoms with Crippen molar-refractivity contribution in [3.63, 3.8) is 0 Å². The largest absolute Gasteiger partial charge is 0.385 e. The molecule has 5 heteroatoms. The van der Waals surface area contributed by atoms with Crippen LogP contribution in [-0.2, 0) is 9.59 Å². The second kappa shape index (κ2) is 8.15. The van der Waals surface area contributed by atoms with E-state index < -0.39 is 0 Å². The third kappa shape index (κ3) is 5.43. The van der Waals surface area contributed by atoms with Crippen molar-refractivity contribution in [2.24, 2.45) is 0 Å². The maximum Gasteiger partial charge on any atom is 0.226 e. The van der Waals surface area contributed by atoms with Crippen molar-refractivity contribution in [1.82, 2.24) is 0 Å². The second-order valence-corrected chi connectivity index (χ2v) is 5.78. The molecule has 126 valence electrons. The number of benzene rings is 2. The first-order valence-corrected chi connectivity index (χ1v) is 7.92. The molecule has 2 aromatic rings. The molecule has 0 aliphatic heterocycles. The average molecular weight is 325 g/mol. The van der Waals surface area contributed by atoms with Crippen LogP contribution in [0, 0.1) is 13.8 Å². The van der Waals surface area contributed by atoms with Crippen molar-refractivity contribution < 1.29 is 9.59 Å². The summed E-state index contributed by atoms with van der Waals surface area (Å²) in [7, 11) is 0. The standard InChI is InChI=1S/C19H23N3O2/c1-13-4-5-18(12-14(13)2)22-19(24)10-11-20-16-6-8-17(9-7-16)21-15(3)23/h4-9,12,20H,10-11H2,1-3H3,(H,21,23)(H,22,24). The van der Waals surface area contributed by atoms with Crippen LogP contribution in [0.4, 0.5) is 17.1 Å². The fourth-order valence-corrected chi connectivity index (χ4v) is 2.24. The van der Waals surface area contributed by atoms with Crippen LogP contribution in [0.1, 0.15) is 24.5 Å². The zero-order valence-corrected chi connectivity index (χ0v) is 14.3. The van der Waals surface area contributed by atoms with Crippen molar-refractivity contribution in [1.29, 1.82) is 0 Å². The fourth-order valence-electron chi connectivity index (χ4n) is 2.24. The van der Waals surface area contributed by atoms with E-state index in [9.17, 15) is 9.59 Å². The Bertz CT molecular complexity index is 724. The SMILES string of the molecule is CC(=O)Nc1ccc(NCCC(=O)Nc2ccc(C)c(C)c2)cc1. The Morgan fingerprint density at radius 2 is 1.46 bits per heavy atom. The lowest BCUT2D eigenvalue weighted by atomic mass is 10.1. The Morgan fingerprint density at radius 3 is 2.08 bits per heavy atom. The van der Waals surface area contributed by atoms with E-state index in [0.29, 0.717) is 13.0 Å². The minimum atomic E-state index is -0.0984. The van der Waals surface area contributed by atoms with Gasteiger partial charge in [-0.25, -0.2) is 0 Å². The van der Waals surface area contributed by atoms with E-state index in [-0.39, 0.29) is 11.8 Å². The summed E-state index contributed by atoms with van der Waals surface area (Å²) in [5.41, 5.74) is 4.84. The molecule has 0 aromatic heterocycles. The van der Waals surface area contributed by atoms with Gasteiger partial charge >= 0.3 is 0 Å². The van der Waals surface area contributed by atoms with Crippen LogP contribution in [0.25, 0.3) is 0 Å². The lowest BCUT2D eigenvalue weighted by Gasteiger charge is -2.09. The fraction of sp³-hybridized carbons (Fsp3) is 0.263. The highest BCUT2D eigenvalue weighted by Crippen LogP contribution is 2.15. The molecule has 0 radical (unpaired) electrons. The Hall–Kier alpha value is -2.82. The van der Waals surface area contributed by atoms with E-state index in [1.807, 2.05) is 56.3 Å². The summed E-state index contributed by atoms with van der Waals surface area (Å²) < 4.78 is 0. The van der Waals surface area contributed by atoms with Gasteiger partial charge in [-0.15, -0.1) is 0 Å². The highest BCUT2D eigenvalue weighted by Gasteiger charge is 2.03. The summed E-state index contributed by atoms with van der Waals surface area (Å²) in [4.78, 5) is 22.9. The van der Waals surface area contributed by atoms with E-state index in [1.165, 1.54) is 12.5 Å². The highest BCUT2D eigenvalue weighted by molar-refractivity contribution is 5.91. The summed E-state index contributed by atoms with van der Waals surface area (Å²) in [5.74, 6) is -0.126. The minimum absolute atomic E-state index is 0.0272. The first-order valence-electron chi connectivity index (χ1n) is 7.92. The number of nitrogens with one attached hydrogen (secondary N) is 3. The van der Waals surface area contributed by atoms with Gasteiger partial charge in [0.05, 0.1) is 0 Å². The Morgan fingerprint density at radius 1 is 0.833 bits per heavy atom. The minimum Gasteiger partial charge on any atom is -0.385 e. The van der Waals surface area contributed by atoms with Crippen LogP contribution in [0.5, 0.6) is 0 Å². The molecular formula is C19H23N3O2. The van der Waals surface area contributed by atoms with Crippen LogP contribution in [0.15, 0.2) is 42.5 Å². The third-order valence-electron chi connectivity index (χ3n) is 3.68. The number of carbonyl (C=O) groups is 2. The van der Waals surface area contributed by atoms with Crippen molar-refractivity contribution in [2.45, 2.75) is 27.2 Å². The summed E-state index contributed by atoms with van der Waals surface area (Å²) in [5, 5.41) is 8.80. The molecule has 0 saturated heterocycles. The van der Waals surface area contributed by atoms with Gasteiger partial charge in [0.25, 0.3) is 0 Å². The van der Waals surface area contributed by atoms with Gasteiger partial charge in [0.1, 0.15) is 0 Å². The number of carbonyl (C=O) groups excluding carboxylic acids is 2. The van der Waals surface area contributed by atoms with Crippen LogP contribution in [-0.4, -0.2) is 18.4 Å². The molecule has 0 aliphatic rings. The molecule has 0 bridgehead atoms. The normalized spacial score (nSPS) is 10.1. The smallest absolute Gasteiger partial charge is 0.226 e. The summed E-state index contributed by atoms with van der Waals surface area (Å²) in [6, 6.07) is 13.3. The quantitative estimate of drug-likeness (QED) is 0.758. The molecule has 24 heavy (non-hydrogen) atoms. The van der Waals surface area contributed by atoms with Crippen molar-refractivity contribution >= 4 is 28.9 Å².